The Morgan fingerprint density at radius 2 is 2.24 bits per heavy atom. The third-order valence-electron chi connectivity index (χ3n) is 2.55. The number of nitrogens with one attached hydrogen (secondary N) is 2. The summed E-state index contributed by atoms with van der Waals surface area (Å²) in [6, 6.07) is 1.93. The molecule has 0 saturated heterocycles. The SMILES string of the molecule is CCCNCc1csc(S(=O)(=O)NC2CC2)c1. The van der Waals surface area contributed by atoms with Crippen LogP contribution in [0.1, 0.15) is 31.7 Å². The van der Waals surface area contributed by atoms with Gasteiger partial charge >= 0.3 is 0 Å². The van der Waals surface area contributed by atoms with E-state index in [2.05, 4.69) is 17.0 Å². The molecule has 4 nitrogen and oxygen atoms in total. The van der Waals surface area contributed by atoms with Crippen LogP contribution in [0.25, 0.3) is 0 Å². The van der Waals surface area contributed by atoms with Gasteiger partial charge in [-0.25, -0.2) is 13.1 Å². The molecular formula is C11H18N2O2S2. The third kappa shape index (κ3) is 3.77. The normalized spacial score (nSPS) is 16.3. The molecule has 6 heteroatoms. The van der Waals surface area contributed by atoms with Crippen LogP contribution in [0, 0.1) is 0 Å². The van der Waals surface area contributed by atoms with Crippen molar-refractivity contribution in [3.05, 3.63) is 17.0 Å². The molecule has 0 radical (unpaired) electrons. The molecule has 0 atom stereocenters. The van der Waals surface area contributed by atoms with Crippen LogP contribution in [0.15, 0.2) is 15.7 Å². The Morgan fingerprint density at radius 3 is 2.88 bits per heavy atom. The van der Waals surface area contributed by atoms with Crippen LogP contribution in [0.2, 0.25) is 0 Å². The van der Waals surface area contributed by atoms with E-state index in [4.69, 9.17) is 0 Å². The fourth-order valence-electron chi connectivity index (χ4n) is 1.47. The summed E-state index contributed by atoms with van der Waals surface area (Å²) in [6.07, 6.45) is 3.02. The molecule has 1 fully saturated rings. The quantitative estimate of drug-likeness (QED) is 0.744. The molecule has 0 aromatic carbocycles. The lowest BCUT2D eigenvalue weighted by Gasteiger charge is -2.01. The second-order valence-corrected chi connectivity index (χ2v) is 7.20. The molecular weight excluding hydrogens is 256 g/mol. The molecule has 0 unspecified atom stereocenters. The van der Waals surface area contributed by atoms with E-state index in [1.54, 1.807) is 6.07 Å². The first kappa shape index (κ1) is 13.0. The van der Waals surface area contributed by atoms with Crippen molar-refractivity contribution in [2.75, 3.05) is 6.54 Å². The Labute approximate surface area is 106 Å². The van der Waals surface area contributed by atoms with Gasteiger partial charge in [0.2, 0.25) is 10.0 Å². The van der Waals surface area contributed by atoms with Crippen LogP contribution in [-0.4, -0.2) is 21.0 Å². The van der Waals surface area contributed by atoms with Crippen molar-refractivity contribution in [2.24, 2.45) is 0 Å². The maximum Gasteiger partial charge on any atom is 0.250 e. The molecule has 0 aliphatic heterocycles. The Bertz CT molecular complexity index is 464. The van der Waals surface area contributed by atoms with E-state index in [9.17, 15) is 8.42 Å². The minimum absolute atomic E-state index is 0.170. The molecule has 0 spiro atoms. The van der Waals surface area contributed by atoms with Gasteiger partial charge in [0.25, 0.3) is 0 Å². The first-order chi connectivity index (χ1) is 8.12. The third-order valence-corrected chi connectivity index (χ3v) is 5.56. The Kier molecular flexibility index (Phi) is 4.19. The van der Waals surface area contributed by atoms with Gasteiger partial charge in [0.1, 0.15) is 4.21 Å². The van der Waals surface area contributed by atoms with Crippen LogP contribution in [0.5, 0.6) is 0 Å². The van der Waals surface area contributed by atoms with Gasteiger partial charge in [-0.3, -0.25) is 0 Å². The van der Waals surface area contributed by atoms with Crippen LogP contribution in [-0.2, 0) is 16.6 Å². The van der Waals surface area contributed by atoms with Crippen molar-refractivity contribution in [1.82, 2.24) is 10.0 Å². The number of hydrogen-bond donors (Lipinski definition) is 2. The summed E-state index contributed by atoms with van der Waals surface area (Å²) in [5.74, 6) is 0. The molecule has 96 valence electrons. The second kappa shape index (κ2) is 5.48. The Morgan fingerprint density at radius 1 is 1.47 bits per heavy atom. The maximum atomic E-state index is 11.9. The molecule has 2 N–H and O–H groups in total. The van der Waals surface area contributed by atoms with Gasteiger partial charge in [0.15, 0.2) is 0 Å². The van der Waals surface area contributed by atoms with Crippen LogP contribution >= 0.6 is 11.3 Å². The lowest BCUT2D eigenvalue weighted by atomic mass is 10.3. The average molecular weight is 274 g/mol. The first-order valence-electron chi connectivity index (χ1n) is 5.92. The summed E-state index contributed by atoms with van der Waals surface area (Å²) in [7, 11) is -3.27. The minimum Gasteiger partial charge on any atom is -0.313 e. The van der Waals surface area contributed by atoms with E-state index in [0.29, 0.717) is 4.21 Å². The standard InChI is InChI=1S/C11H18N2O2S2/c1-2-5-12-7-9-6-11(16-8-9)17(14,15)13-10-3-4-10/h6,8,10,12-13H,2-5,7H2,1H3. The maximum absolute atomic E-state index is 11.9. The lowest BCUT2D eigenvalue weighted by Crippen LogP contribution is -2.24. The summed E-state index contributed by atoms with van der Waals surface area (Å²) in [4.78, 5) is 0. The van der Waals surface area contributed by atoms with Gasteiger partial charge in [0.05, 0.1) is 0 Å². The summed E-state index contributed by atoms with van der Waals surface area (Å²) in [5, 5.41) is 5.17. The number of rotatable bonds is 7. The molecule has 0 amide bonds. The molecule has 1 aliphatic rings. The molecule has 1 heterocycles. The van der Waals surface area contributed by atoms with Gasteiger partial charge in [-0.2, -0.15) is 0 Å². The average Bonchev–Trinajstić information content (AvgIpc) is 2.94. The van der Waals surface area contributed by atoms with Crippen molar-refractivity contribution in [2.45, 2.75) is 43.0 Å². The molecule has 1 aromatic heterocycles. The number of sulfonamides is 1. The minimum atomic E-state index is -3.27. The zero-order chi connectivity index (χ0) is 12.3. The predicted molar refractivity (Wildman–Crippen MR) is 69.7 cm³/mol. The van der Waals surface area contributed by atoms with Gasteiger partial charge in [0, 0.05) is 12.6 Å². The molecule has 1 aromatic rings. The zero-order valence-electron chi connectivity index (χ0n) is 9.90. The van der Waals surface area contributed by atoms with E-state index in [-0.39, 0.29) is 6.04 Å². The summed E-state index contributed by atoms with van der Waals surface area (Å²) in [5.41, 5.74) is 1.04. The van der Waals surface area contributed by atoms with E-state index < -0.39 is 10.0 Å². The van der Waals surface area contributed by atoms with Crippen molar-refractivity contribution >= 4 is 21.4 Å². The number of thiophene rings is 1. The van der Waals surface area contributed by atoms with Gasteiger partial charge in [-0.1, -0.05) is 6.92 Å². The van der Waals surface area contributed by atoms with E-state index >= 15 is 0 Å². The van der Waals surface area contributed by atoms with Crippen LogP contribution in [0.3, 0.4) is 0 Å². The molecule has 1 saturated carbocycles. The van der Waals surface area contributed by atoms with Crippen LogP contribution in [0.4, 0.5) is 0 Å². The van der Waals surface area contributed by atoms with Crippen molar-refractivity contribution in [1.29, 1.82) is 0 Å². The fraction of sp³-hybridized carbons (Fsp3) is 0.636. The van der Waals surface area contributed by atoms with Crippen LogP contribution < -0.4 is 10.0 Å². The summed E-state index contributed by atoms with van der Waals surface area (Å²) >= 11 is 1.29. The summed E-state index contributed by atoms with van der Waals surface area (Å²) < 4.78 is 26.9. The highest BCUT2D eigenvalue weighted by Gasteiger charge is 2.28. The van der Waals surface area contributed by atoms with Gasteiger partial charge < -0.3 is 5.32 Å². The molecule has 1 aliphatic carbocycles. The topological polar surface area (TPSA) is 58.2 Å². The van der Waals surface area contributed by atoms with E-state index in [1.165, 1.54) is 11.3 Å². The molecule has 2 rings (SSSR count). The number of hydrogen-bond acceptors (Lipinski definition) is 4. The second-order valence-electron chi connectivity index (χ2n) is 4.35. The Hall–Kier alpha value is -0.430. The van der Waals surface area contributed by atoms with Gasteiger partial charge in [-0.15, -0.1) is 11.3 Å². The fourth-order valence-corrected chi connectivity index (χ4v) is 4.01. The van der Waals surface area contributed by atoms with Crippen molar-refractivity contribution < 1.29 is 8.42 Å². The largest absolute Gasteiger partial charge is 0.313 e. The lowest BCUT2D eigenvalue weighted by molar-refractivity contribution is 0.583. The predicted octanol–water partition coefficient (Wildman–Crippen LogP) is 1.69. The monoisotopic (exact) mass is 274 g/mol. The highest BCUT2D eigenvalue weighted by atomic mass is 32.2. The molecule has 0 bridgehead atoms. The first-order valence-corrected chi connectivity index (χ1v) is 8.28. The molecule has 17 heavy (non-hydrogen) atoms. The Balaban J connectivity index is 1.96. The smallest absolute Gasteiger partial charge is 0.250 e. The van der Waals surface area contributed by atoms with Crippen molar-refractivity contribution in [3.63, 3.8) is 0 Å². The highest BCUT2D eigenvalue weighted by Crippen LogP contribution is 2.25. The van der Waals surface area contributed by atoms with Crippen molar-refractivity contribution in [3.8, 4) is 0 Å². The highest BCUT2D eigenvalue weighted by molar-refractivity contribution is 7.91. The summed E-state index contributed by atoms with van der Waals surface area (Å²) in [6.45, 7) is 3.80. The van der Waals surface area contributed by atoms with Gasteiger partial charge in [-0.05, 0) is 42.8 Å². The van der Waals surface area contributed by atoms with E-state index in [0.717, 1.165) is 37.9 Å². The zero-order valence-corrected chi connectivity index (χ0v) is 11.5. The van der Waals surface area contributed by atoms with E-state index in [1.807, 2.05) is 5.38 Å².